The minimum absolute atomic E-state index is 0.0123. The van der Waals surface area contributed by atoms with E-state index in [0.29, 0.717) is 36.9 Å². The molecular weight excluding hydrogens is 519 g/mol. The molecule has 1 saturated carbocycles. The molecule has 0 spiro atoms. The Morgan fingerprint density at radius 1 is 1.08 bits per heavy atom. The van der Waals surface area contributed by atoms with Crippen LogP contribution >= 0.6 is 23.2 Å². The molecule has 1 fully saturated rings. The molecule has 0 saturated heterocycles. The van der Waals surface area contributed by atoms with Crippen LogP contribution in [0.2, 0.25) is 10.0 Å². The van der Waals surface area contributed by atoms with Crippen molar-refractivity contribution < 1.29 is 19.5 Å². The SMILES string of the molecule is N#CNC(N)=NC1CCC(C(=O)Nc2ccc(C[C@H](NC(=O)c3c(Cl)cccc3Cl)C(=O)O)cc2)CC1. The summed E-state index contributed by atoms with van der Waals surface area (Å²) in [6, 6.07) is 10.1. The van der Waals surface area contributed by atoms with Gasteiger partial charge >= 0.3 is 5.97 Å². The minimum atomic E-state index is -1.21. The Labute approximate surface area is 223 Å². The second-order valence-electron chi connectivity index (χ2n) is 8.61. The third kappa shape index (κ3) is 7.84. The van der Waals surface area contributed by atoms with Crippen molar-refractivity contribution in [3.05, 3.63) is 63.6 Å². The van der Waals surface area contributed by atoms with Gasteiger partial charge in [0.1, 0.15) is 6.04 Å². The summed E-state index contributed by atoms with van der Waals surface area (Å²) in [5, 5.41) is 26.1. The van der Waals surface area contributed by atoms with Gasteiger partial charge in [-0.1, -0.05) is 41.4 Å². The van der Waals surface area contributed by atoms with Gasteiger partial charge in [0, 0.05) is 18.0 Å². The van der Waals surface area contributed by atoms with Gasteiger partial charge in [0.2, 0.25) is 11.9 Å². The second-order valence-corrected chi connectivity index (χ2v) is 9.42. The largest absolute Gasteiger partial charge is 0.480 e. The van der Waals surface area contributed by atoms with Crippen LogP contribution in [0.15, 0.2) is 47.5 Å². The summed E-state index contributed by atoms with van der Waals surface area (Å²) in [7, 11) is 0. The van der Waals surface area contributed by atoms with Crippen molar-refractivity contribution in [3.63, 3.8) is 0 Å². The summed E-state index contributed by atoms with van der Waals surface area (Å²) < 4.78 is 0. The van der Waals surface area contributed by atoms with Gasteiger partial charge in [-0.2, -0.15) is 5.26 Å². The van der Waals surface area contributed by atoms with Crippen LogP contribution in [-0.4, -0.2) is 40.9 Å². The number of nitrogens with zero attached hydrogens (tertiary/aromatic N) is 2. The van der Waals surface area contributed by atoms with Gasteiger partial charge in [0.15, 0.2) is 6.19 Å². The number of anilines is 1. The fraction of sp³-hybridized carbons (Fsp3) is 0.320. The van der Waals surface area contributed by atoms with Gasteiger partial charge in [0.05, 0.1) is 21.7 Å². The molecule has 6 N–H and O–H groups in total. The highest BCUT2D eigenvalue weighted by molar-refractivity contribution is 6.39. The molecule has 0 aromatic heterocycles. The van der Waals surface area contributed by atoms with E-state index in [1.54, 1.807) is 36.5 Å². The molecule has 1 atom stereocenters. The molecule has 37 heavy (non-hydrogen) atoms. The lowest BCUT2D eigenvalue weighted by Crippen LogP contribution is -2.42. The Bertz CT molecular complexity index is 1200. The molecule has 0 heterocycles. The number of benzene rings is 2. The highest BCUT2D eigenvalue weighted by atomic mass is 35.5. The number of amides is 2. The molecule has 1 aliphatic rings. The number of carbonyl (C=O) groups excluding carboxylic acids is 2. The topological polar surface area (TPSA) is 170 Å². The van der Waals surface area contributed by atoms with E-state index in [2.05, 4.69) is 20.9 Å². The van der Waals surface area contributed by atoms with Gasteiger partial charge in [-0.05, 0) is 55.5 Å². The highest BCUT2D eigenvalue weighted by Crippen LogP contribution is 2.28. The van der Waals surface area contributed by atoms with Crippen LogP contribution < -0.4 is 21.7 Å². The fourth-order valence-electron chi connectivity index (χ4n) is 4.10. The molecule has 0 radical (unpaired) electrons. The first-order valence-corrected chi connectivity index (χ1v) is 12.3. The molecule has 3 rings (SSSR count). The fourth-order valence-corrected chi connectivity index (χ4v) is 4.67. The number of carboxylic acid groups (broad SMARTS) is 1. The molecule has 0 unspecified atom stereocenters. The molecule has 2 aromatic rings. The molecule has 2 amide bonds. The number of halogens is 2. The summed E-state index contributed by atoms with van der Waals surface area (Å²) in [5.41, 5.74) is 6.85. The summed E-state index contributed by atoms with van der Waals surface area (Å²) in [6.45, 7) is 0. The van der Waals surface area contributed by atoms with Crippen LogP contribution in [0, 0.1) is 17.4 Å². The van der Waals surface area contributed by atoms with Crippen molar-refractivity contribution in [1.82, 2.24) is 10.6 Å². The van der Waals surface area contributed by atoms with E-state index in [1.165, 1.54) is 12.1 Å². The molecule has 0 aliphatic heterocycles. The predicted molar refractivity (Wildman–Crippen MR) is 140 cm³/mol. The quantitative estimate of drug-likeness (QED) is 0.147. The van der Waals surface area contributed by atoms with Crippen LogP contribution in [0.5, 0.6) is 0 Å². The zero-order chi connectivity index (χ0) is 26.9. The van der Waals surface area contributed by atoms with Crippen molar-refractivity contribution in [3.8, 4) is 6.19 Å². The van der Waals surface area contributed by atoms with Crippen LogP contribution in [0.4, 0.5) is 5.69 Å². The first-order valence-electron chi connectivity index (χ1n) is 11.5. The highest BCUT2D eigenvalue weighted by Gasteiger charge is 2.27. The van der Waals surface area contributed by atoms with Crippen LogP contribution in [0.3, 0.4) is 0 Å². The van der Waals surface area contributed by atoms with E-state index >= 15 is 0 Å². The Hall–Kier alpha value is -3.81. The lowest BCUT2D eigenvalue weighted by molar-refractivity contribution is -0.139. The maximum Gasteiger partial charge on any atom is 0.326 e. The van der Waals surface area contributed by atoms with Crippen molar-refractivity contribution >= 4 is 52.6 Å². The number of guanidine groups is 1. The van der Waals surface area contributed by atoms with E-state index in [9.17, 15) is 19.5 Å². The maximum absolute atomic E-state index is 12.7. The standard InChI is InChI=1S/C25H26Cl2N6O4/c26-18-2-1-3-19(27)21(18)23(35)33-20(24(36)37)12-14-4-8-16(9-5-14)31-22(34)15-6-10-17(11-7-15)32-25(29)30-13-28/h1-5,8-9,15,17,20H,6-7,10-12H2,(H,31,34)(H,33,35)(H,36,37)(H3,29,30,32)/t15?,17?,20-/m0/s1. The van der Waals surface area contributed by atoms with Crippen molar-refractivity contribution in [1.29, 1.82) is 5.26 Å². The molecule has 2 aromatic carbocycles. The van der Waals surface area contributed by atoms with Gasteiger partial charge in [-0.3, -0.25) is 14.9 Å². The molecule has 10 nitrogen and oxygen atoms in total. The third-order valence-electron chi connectivity index (χ3n) is 6.03. The number of aliphatic carboxylic acids is 1. The van der Waals surface area contributed by atoms with Gasteiger partial charge < -0.3 is 21.5 Å². The summed E-state index contributed by atoms with van der Waals surface area (Å²) in [6.07, 6.45) is 4.41. The van der Waals surface area contributed by atoms with E-state index in [1.807, 2.05) is 0 Å². The summed E-state index contributed by atoms with van der Waals surface area (Å²) in [5.74, 6) is -2.09. The number of hydrogen-bond donors (Lipinski definition) is 5. The average Bonchev–Trinajstić information content (AvgIpc) is 2.85. The zero-order valence-corrected chi connectivity index (χ0v) is 21.2. The lowest BCUT2D eigenvalue weighted by atomic mass is 9.85. The van der Waals surface area contributed by atoms with E-state index in [-0.39, 0.29) is 45.9 Å². The Balaban J connectivity index is 1.55. The second kappa shape index (κ2) is 12.9. The van der Waals surface area contributed by atoms with Crippen molar-refractivity contribution in [2.45, 2.75) is 44.2 Å². The summed E-state index contributed by atoms with van der Waals surface area (Å²) >= 11 is 12.1. The number of nitriles is 1. The molecule has 12 heteroatoms. The number of nitrogens with one attached hydrogen (secondary N) is 3. The van der Waals surface area contributed by atoms with Crippen LogP contribution in [0.1, 0.15) is 41.6 Å². The predicted octanol–water partition coefficient (Wildman–Crippen LogP) is 3.30. The maximum atomic E-state index is 12.7. The first-order chi connectivity index (χ1) is 17.7. The van der Waals surface area contributed by atoms with Crippen LogP contribution in [0.25, 0.3) is 0 Å². The normalized spacial score (nSPS) is 18.2. The average molecular weight is 545 g/mol. The molecule has 194 valence electrons. The minimum Gasteiger partial charge on any atom is -0.480 e. The van der Waals surface area contributed by atoms with Gasteiger partial charge in [-0.15, -0.1) is 0 Å². The number of hydrogen-bond acceptors (Lipinski definition) is 5. The van der Waals surface area contributed by atoms with E-state index < -0.39 is 17.9 Å². The number of aliphatic imine (C=N–C) groups is 1. The number of nitrogens with two attached hydrogens (primary N) is 1. The zero-order valence-electron chi connectivity index (χ0n) is 19.7. The van der Waals surface area contributed by atoms with E-state index in [0.717, 1.165) is 0 Å². The van der Waals surface area contributed by atoms with Crippen LogP contribution in [-0.2, 0) is 16.0 Å². The van der Waals surface area contributed by atoms with Gasteiger partial charge in [-0.25, -0.2) is 9.79 Å². The lowest BCUT2D eigenvalue weighted by Gasteiger charge is -2.25. The Morgan fingerprint density at radius 3 is 2.27 bits per heavy atom. The molecule has 1 aliphatic carbocycles. The van der Waals surface area contributed by atoms with Crippen molar-refractivity contribution in [2.24, 2.45) is 16.6 Å². The smallest absolute Gasteiger partial charge is 0.326 e. The number of rotatable bonds is 8. The first kappa shape index (κ1) is 27.8. The number of carbonyl (C=O) groups is 3. The third-order valence-corrected chi connectivity index (χ3v) is 6.66. The van der Waals surface area contributed by atoms with Gasteiger partial charge in [0.25, 0.3) is 5.91 Å². The number of carboxylic acids is 1. The molecule has 0 bridgehead atoms. The van der Waals surface area contributed by atoms with E-state index in [4.69, 9.17) is 34.2 Å². The Morgan fingerprint density at radius 2 is 1.70 bits per heavy atom. The summed E-state index contributed by atoms with van der Waals surface area (Å²) in [4.78, 5) is 41.3. The Kier molecular flexibility index (Phi) is 9.71. The molecular formula is C25H26Cl2N6O4. The van der Waals surface area contributed by atoms with Crippen molar-refractivity contribution in [2.75, 3.05) is 5.32 Å². The monoisotopic (exact) mass is 544 g/mol.